The SMILES string of the molecule is CCOC(=S)Sc1ccc(Cl)cc1I. The second-order valence-corrected chi connectivity index (χ2v) is 5.60. The lowest BCUT2D eigenvalue weighted by Gasteiger charge is -2.05. The molecule has 0 aliphatic carbocycles. The Hall–Kier alpha value is 0.480. The van der Waals surface area contributed by atoms with Gasteiger partial charge in [-0.3, -0.25) is 0 Å². The predicted molar refractivity (Wildman–Crippen MR) is 74.3 cm³/mol. The fourth-order valence-electron chi connectivity index (χ4n) is 0.795. The highest BCUT2D eigenvalue weighted by Crippen LogP contribution is 2.28. The van der Waals surface area contributed by atoms with Crippen LogP contribution in [0.1, 0.15) is 6.92 Å². The molecular weight excluding hydrogens is 351 g/mol. The number of thiocarbonyl (C=S) groups is 1. The van der Waals surface area contributed by atoms with Crippen LogP contribution in [0.15, 0.2) is 23.1 Å². The molecule has 0 radical (unpaired) electrons. The maximum atomic E-state index is 5.84. The zero-order chi connectivity index (χ0) is 10.6. The van der Waals surface area contributed by atoms with Crippen molar-refractivity contribution in [1.82, 2.24) is 0 Å². The maximum Gasteiger partial charge on any atom is 0.224 e. The van der Waals surface area contributed by atoms with Gasteiger partial charge in [0.25, 0.3) is 0 Å². The number of thioether (sulfide) groups is 1. The number of rotatable bonds is 2. The van der Waals surface area contributed by atoms with E-state index in [1.54, 1.807) is 0 Å². The van der Waals surface area contributed by atoms with E-state index in [1.807, 2.05) is 25.1 Å². The quantitative estimate of drug-likeness (QED) is 0.442. The first-order valence-electron chi connectivity index (χ1n) is 3.93. The van der Waals surface area contributed by atoms with E-state index in [9.17, 15) is 0 Å². The fraction of sp³-hybridized carbons (Fsp3) is 0.222. The average Bonchev–Trinajstić information content (AvgIpc) is 2.10. The van der Waals surface area contributed by atoms with Crippen LogP contribution in [0, 0.1) is 3.57 Å². The van der Waals surface area contributed by atoms with Gasteiger partial charge in [0, 0.05) is 13.5 Å². The van der Waals surface area contributed by atoms with E-state index in [0.717, 1.165) is 13.5 Å². The van der Waals surface area contributed by atoms with Crippen molar-refractivity contribution in [2.45, 2.75) is 11.8 Å². The van der Waals surface area contributed by atoms with Gasteiger partial charge in [0.2, 0.25) is 4.38 Å². The van der Waals surface area contributed by atoms with Gasteiger partial charge >= 0.3 is 0 Å². The van der Waals surface area contributed by atoms with Crippen molar-refractivity contribution in [1.29, 1.82) is 0 Å². The molecule has 0 spiro atoms. The number of benzene rings is 1. The maximum absolute atomic E-state index is 5.84. The third-order valence-electron chi connectivity index (χ3n) is 1.35. The van der Waals surface area contributed by atoms with Crippen molar-refractivity contribution in [3.63, 3.8) is 0 Å². The van der Waals surface area contributed by atoms with Crippen molar-refractivity contribution < 1.29 is 4.74 Å². The van der Waals surface area contributed by atoms with Crippen molar-refractivity contribution in [3.05, 3.63) is 26.8 Å². The molecule has 0 aliphatic heterocycles. The lowest BCUT2D eigenvalue weighted by atomic mass is 10.4. The van der Waals surface area contributed by atoms with E-state index in [2.05, 4.69) is 22.6 Å². The molecule has 1 aromatic carbocycles. The summed E-state index contributed by atoms with van der Waals surface area (Å²) in [7, 11) is 0. The lowest BCUT2D eigenvalue weighted by Crippen LogP contribution is -1.95. The van der Waals surface area contributed by atoms with Crippen LogP contribution in [0.2, 0.25) is 5.02 Å². The van der Waals surface area contributed by atoms with Crippen LogP contribution in [-0.2, 0) is 4.74 Å². The second kappa shape index (κ2) is 6.15. The van der Waals surface area contributed by atoms with E-state index >= 15 is 0 Å². The van der Waals surface area contributed by atoms with Crippen LogP contribution < -0.4 is 0 Å². The van der Waals surface area contributed by atoms with Gasteiger partial charge in [0.05, 0.1) is 6.61 Å². The van der Waals surface area contributed by atoms with Crippen LogP contribution in [0.4, 0.5) is 0 Å². The van der Waals surface area contributed by atoms with Crippen LogP contribution in [0.5, 0.6) is 0 Å². The zero-order valence-corrected chi connectivity index (χ0v) is 12.0. The zero-order valence-electron chi connectivity index (χ0n) is 7.42. The molecule has 0 heterocycles. The first kappa shape index (κ1) is 12.5. The number of hydrogen-bond acceptors (Lipinski definition) is 3. The predicted octanol–water partition coefficient (Wildman–Crippen LogP) is 4.36. The fourth-order valence-corrected chi connectivity index (χ4v) is 3.03. The Bertz CT molecular complexity index is 344. The first-order chi connectivity index (χ1) is 6.63. The lowest BCUT2D eigenvalue weighted by molar-refractivity contribution is 0.346. The summed E-state index contributed by atoms with van der Waals surface area (Å²) in [5.74, 6) is 0. The Labute approximate surface area is 112 Å². The van der Waals surface area contributed by atoms with Gasteiger partial charge in [-0.05, 0) is 71.7 Å². The highest BCUT2D eigenvalue weighted by Gasteiger charge is 2.05. The molecule has 14 heavy (non-hydrogen) atoms. The summed E-state index contributed by atoms with van der Waals surface area (Å²) in [4.78, 5) is 1.08. The van der Waals surface area contributed by atoms with E-state index in [-0.39, 0.29) is 0 Å². The van der Waals surface area contributed by atoms with Crippen molar-refractivity contribution in [2.24, 2.45) is 0 Å². The molecule has 0 aliphatic rings. The molecule has 0 unspecified atom stereocenters. The Morgan fingerprint density at radius 3 is 2.93 bits per heavy atom. The van der Waals surface area contributed by atoms with Crippen LogP contribution in [-0.4, -0.2) is 11.0 Å². The molecule has 1 rings (SSSR count). The van der Waals surface area contributed by atoms with Gasteiger partial charge in [0.15, 0.2) is 0 Å². The van der Waals surface area contributed by atoms with Crippen molar-refractivity contribution >= 4 is 62.6 Å². The van der Waals surface area contributed by atoms with Crippen LogP contribution in [0.25, 0.3) is 0 Å². The normalized spacial score (nSPS) is 9.93. The third kappa shape index (κ3) is 3.92. The van der Waals surface area contributed by atoms with Gasteiger partial charge in [-0.2, -0.15) is 0 Å². The van der Waals surface area contributed by atoms with Gasteiger partial charge in [0.1, 0.15) is 0 Å². The Kier molecular flexibility index (Phi) is 5.51. The summed E-state index contributed by atoms with van der Waals surface area (Å²) in [6.45, 7) is 2.52. The minimum atomic E-state index is 0.549. The summed E-state index contributed by atoms with van der Waals surface area (Å²) in [6, 6.07) is 5.69. The molecule has 0 amide bonds. The Morgan fingerprint density at radius 2 is 2.36 bits per heavy atom. The second-order valence-electron chi connectivity index (χ2n) is 2.36. The average molecular weight is 359 g/mol. The molecule has 0 N–H and O–H groups in total. The molecule has 0 fully saturated rings. The van der Waals surface area contributed by atoms with E-state index in [1.165, 1.54) is 11.8 Å². The smallest absolute Gasteiger partial charge is 0.224 e. The molecule has 1 nitrogen and oxygen atoms in total. The largest absolute Gasteiger partial charge is 0.479 e. The van der Waals surface area contributed by atoms with Crippen molar-refractivity contribution in [3.8, 4) is 0 Å². The molecule has 0 saturated heterocycles. The molecule has 76 valence electrons. The summed E-state index contributed by atoms with van der Waals surface area (Å²) in [6.07, 6.45) is 0. The van der Waals surface area contributed by atoms with Gasteiger partial charge in [-0.15, -0.1) is 0 Å². The summed E-state index contributed by atoms with van der Waals surface area (Å²) in [5.41, 5.74) is 0. The number of ether oxygens (including phenoxy) is 1. The monoisotopic (exact) mass is 358 g/mol. The van der Waals surface area contributed by atoms with E-state index in [0.29, 0.717) is 11.0 Å². The minimum absolute atomic E-state index is 0.549. The first-order valence-corrected chi connectivity index (χ1v) is 6.61. The minimum Gasteiger partial charge on any atom is -0.479 e. The van der Waals surface area contributed by atoms with E-state index in [4.69, 9.17) is 28.6 Å². The molecule has 1 aromatic rings. The van der Waals surface area contributed by atoms with Crippen LogP contribution >= 0.6 is 58.2 Å². The standard InChI is InChI=1S/C9H8ClIOS2/c1-2-12-9(13)14-8-4-3-6(10)5-7(8)11/h3-5H,2H2,1H3. The molecule has 0 saturated carbocycles. The van der Waals surface area contributed by atoms with Gasteiger partial charge < -0.3 is 4.74 Å². The molecule has 0 atom stereocenters. The Morgan fingerprint density at radius 1 is 1.64 bits per heavy atom. The van der Waals surface area contributed by atoms with Crippen LogP contribution in [0.3, 0.4) is 0 Å². The van der Waals surface area contributed by atoms with E-state index < -0.39 is 0 Å². The molecular formula is C9H8ClIOS2. The molecule has 0 aromatic heterocycles. The number of halogens is 2. The van der Waals surface area contributed by atoms with Crippen molar-refractivity contribution in [2.75, 3.05) is 6.61 Å². The summed E-state index contributed by atoms with van der Waals surface area (Å²) < 4.78 is 6.82. The molecule has 0 bridgehead atoms. The molecule has 5 heteroatoms. The Balaban J connectivity index is 2.72. The number of hydrogen-bond donors (Lipinski definition) is 0. The highest BCUT2D eigenvalue weighted by molar-refractivity contribution is 14.1. The van der Waals surface area contributed by atoms with Gasteiger partial charge in [-0.1, -0.05) is 11.6 Å². The highest BCUT2D eigenvalue weighted by atomic mass is 127. The van der Waals surface area contributed by atoms with Gasteiger partial charge in [-0.25, -0.2) is 0 Å². The topological polar surface area (TPSA) is 9.23 Å². The summed E-state index contributed by atoms with van der Waals surface area (Å²) >= 11 is 14.5. The third-order valence-corrected chi connectivity index (χ3v) is 4.07. The summed E-state index contributed by atoms with van der Waals surface area (Å²) in [5, 5.41) is 0.737.